The molecule has 1 aliphatic rings. The molecular weight excluding hydrogens is 282 g/mol. The molecule has 0 unspecified atom stereocenters. The van der Waals surface area contributed by atoms with Crippen molar-refractivity contribution in [3.63, 3.8) is 0 Å². The van der Waals surface area contributed by atoms with E-state index < -0.39 is 5.97 Å². The van der Waals surface area contributed by atoms with Crippen molar-refractivity contribution in [1.82, 2.24) is 4.98 Å². The molecule has 7 heteroatoms. The van der Waals surface area contributed by atoms with E-state index in [0.717, 1.165) is 0 Å². The van der Waals surface area contributed by atoms with Gasteiger partial charge in [0, 0.05) is 0 Å². The van der Waals surface area contributed by atoms with E-state index in [1.54, 1.807) is 0 Å². The number of halogens is 1. The number of ether oxygens (including phenoxy) is 3. The normalized spacial score (nSPS) is 13.4. The number of carbonyl (C=O) groups is 1. The van der Waals surface area contributed by atoms with Crippen LogP contribution in [0.3, 0.4) is 0 Å². The molecule has 0 aliphatic carbocycles. The van der Waals surface area contributed by atoms with Gasteiger partial charge in [-0.05, 0) is 15.9 Å². The third-order valence-corrected chi connectivity index (χ3v) is 2.74. The molecule has 0 amide bonds. The van der Waals surface area contributed by atoms with Crippen LogP contribution in [0.25, 0.3) is 0 Å². The van der Waals surface area contributed by atoms with Crippen LogP contribution in [0.15, 0.2) is 4.47 Å². The zero-order valence-corrected chi connectivity index (χ0v) is 9.91. The fourth-order valence-corrected chi connectivity index (χ4v) is 1.95. The van der Waals surface area contributed by atoms with Gasteiger partial charge in [0.2, 0.25) is 5.88 Å². The Morgan fingerprint density at radius 1 is 1.50 bits per heavy atom. The quantitative estimate of drug-likeness (QED) is 0.885. The predicted molar refractivity (Wildman–Crippen MR) is 56.4 cm³/mol. The lowest BCUT2D eigenvalue weighted by Crippen LogP contribution is -2.19. The van der Waals surface area contributed by atoms with Gasteiger partial charge in [-0.25, -0.2) is 4.79 Å². The summed E-state index contributed by atoms with van der Waals surface area (Å²) in [5.41, 5.74) is -0.0402. The number of aromatic carboxylic acids is 1. The lowest BCUT2D eigenvalue weighted by atomic mass is 10.2. The summed E-state index contributed by atoms with van der Waals surface area (Å²) in [6.07, 6.45) is 0. The van der Waals surface area contributed by atoms with E-state index in [1.165, 1.54) is 7.11 Å². The highest BCUT2D eigenvalue weighted by atomic mass is 79.9. The first kappa shape index (κ1) is 11.0. The van der Waals surface area contributed by atoms with Crippen molar-refractivity contribution < 1.29 is 24.1 Å². The molecule has 16 heavy (non-hydrogen) atoms. The molecule has 0 saturated carbocycles. The maximum atomic E-state index is 11.1. The highest BCUT2D eigenvalue weighted by Gasteiger charge is 2.28. The van der Waals surface area contributed by atoms with Crippen molar-refractivity contribution in [2.24, 2.45) is 0 Å². The van der Waals surface area contributed by atoms with Crippen molar-refractivity contribution >= 4 is 21.9 Å². The Morgan fingerprint density at radius 2 is 2.19 bits per heavy atom. The molecule has 0 spiro atoms. The third kappa shape index (κ3) is 1.67. The zero-order valence-electron chi connectivity index (χ0n) is 8.32. The lowest BCUT2D eigenvalue weighted by molar-refractivity contribution is 0.0682. The van der Waals surface area contributed by atoms with Gasteiger partial charge < -0.3 is 19.3 Å². The molecule has 0 aromatic carbocycles. The number of nitrogens with zero attached hydrogens (tertiary/aromatic N) is 1. The Kier molecular flexibility index (Phi) is 2.86. The van der Waals surface area contributed by atoms with Crippen molar-refractivity contribution in [2.45, 2.75) is 0 Å². The Hall–Kier alpha value is -1.50. The van der Waals surface area contributed by atoms with E-state index >= 15 is 0 Å². The molecule has 0 saturated heterocycles. The first-order valence-electron chi connectivity index (χ1n) is 4.41. The maximum absolute atomic E-state index is 11.1. The topological polar surface area (TPSA) is 77.9 Å². The number of carboxylic acids is 1. The molecule has 0 fully saturated rings. The molecular formula is C9H8BrNO5. The summed E-state index contributed by atoms with van der Waals surface area (Å²) in [5.74, 6) is -0.703. The fourth-order valence-electron chi connectivity index (χ4n) is 1.35. The second-order valence-electron chi connectivity index (χ2n) is 2.95. The summed E-state index contributed by atoms with van der Waals surface area (Å²) in [5, 5.41) is 9.09. The minimum atomic E-state index is -1.13. The van der Waals surface area contributed by atoms with Crippen LogP contribution in [0.4, 0.5) is 0 Å². The van der Waals surface area contributed by atoms with Crippen LogP contribution in [-0.4, -0.2) is 36.4 Å². The Labute approximate surface area is 99.3 Å². The first-order chi connectivity index (χ1) is 7.65. The molecule has 2 heterocycles. The number of rotatable bonds is 2. The SMILES string of the molecule is COc1nc2c(c(C(=O)O)c1Br)OCCO2. The Morgan fingerprint density at radius 3 is 2.81 bits per heavy atom. The molecule has 6 nitrogen and oxygen atoms in total. The molecule has 2 rings (SSSR count). The molecule has 1 aromatic rings. The Bertz CT molecular complexity index is 448. The summed E-state index contributed by atoms with van der Waals surface area (Å²) in [7, 11) is 1.40. The van der Waals surface area contributed by atoms with Crippen molar-refractivity contribution in [3.05, 3.63) is 10.0 Å². The second kappa shape index (κ2) is 4.17. The first-order valence-corrected chi connectivity index (χ1v) is 5.20. The van der Waals surface area contributed by atoms with Crippen LogP contribution in [0.1, 0.15) is 10.4 Å². The van der Waals surface area contributed by atoms with Crippen molar-refractivity contribution in [1.29, 1.82) is 0 Å². The molecule has 1 aliphatic heterocycles. The molecule has 0 radical (unpaired) electrons. The average molecular weight is 290 g/mol. The van der Waals surface area contributed by atoms with Gasteiger partial charge in [0.15, 0.2) is 5.75 Å². The summed E-state index contributed by atoms with van der Waals surface area (Å²) in [4.78, 5) is 15.1. The molecule has 1 aromatic heterocycles. The number of aromatic nitrogens is 1. The number of hydrogen-bond donors (Lipinski definition) is 1. The summed E-state index contributed by atoms with van der Waals surface area (Å²) >= 11 is 3.12. The molecule has 0 atom stereocenters. The number of fused-ring (bicyclic) bond motifs is 1. The third-order valence-electron chi connectivity index (χ3n) is 2.01. The van der Waals surface area contributed by atoms with Gasteiger partial charge in [-0.1, -0.05) is 0 Å². The fraction of sp³-hybridized carbons (Fsp3) is 0.333. The van der Waals surface area contributed by atoms with Gasteiger partial charge in [-0.2, -0.15) is 4.98 Å². The summed E-state index contributed by atoms with van der Waals surface area (Å²) in [6.45, 7) is 0.636. The minimum absolute atomic E-state index is 0.0402. The minimum Gasteiger partial charge on any atom is -0.484 e. The smallest absolute Gasteiger partial charge is 0.341 e. The monoisotopic (exact) mass is 289 g/mol. The number of pyridine rings is 1. The van der Waals surface area contributed by atoms with Gasteiger partial charge in [0.25, 0.3) is 5.88 Å². The highest BCUT2D eigenvalue weighted by molar-refractivity contribution is 9.10. The summed E-state index contributed by atoms with van der Waals surface area (Å²) in [6, 6.07) is 0. The molecule has 1 N–H and O–H groups in total. The van der Waals surface area contributed by atoms with Crippen molar-refractivity contribution in [2.75, 3.05) is 20.3 Å². The van der Waals surface area contributed by atoms with Gasteiger partial charge >= 0.3 is 5.97 Å². The van der Waals surface area contributed by atoms with E-state index in [1.807, 2.05) is 0 Å². The van der Waals surface area contributed by atoms with Crippen LogP contribution in [-0.2, 0) is 0 Å². The lowest BCUT2D eigenvalue weighted by Gasteiger charge is -2.20. The van der Waals surface area contributed by atoms with Crippen LogP contribution < -0.4 is 14.2 Å². The Balaban J connectivity index is 2.67. The van der Waals surface area contributed by atoms with Crippen LogP contribution in [0.2, 0.25) is 0 Å². The van der Waals surface area contributed by atoms with E-state index in [9.17, 15) is 4.79 Å². The van der Waals surface area contributed by atoms with E-state index in [2.05, 4.69) is 20.9 Å². The number of hydrogen-bond acceptors (Lipinski definition) is 5. The van der Waals surface area contributed by atoms with Gasteiger partial charge in [0.1, 0.15) is 18.8 Å². The average Bonchev–Trinajstić information content (AvgIpc) is 2.27. The number of carboxylic acid groups (broad SMARTS) is 1. The van der Waals surface area contributed by atoms with Crippen LogP contribution >= 0.6 is 15.9 Å². The molecule has 86 valence electrons. The highest BCUT2D eigenvalue weighted by Crippen LogP contribution is 2.41. The second-order valence-corrected chi connectivity index (χ2v) is 3.74. The largest absolute Gasteiger partial charge is 0.484 e. The number of methoxy groups -OCH3 is 1. The van der Waals surface area contributed by atoms with E-state index in [0.29, 0.717) is 13.2 Å². The summed E-state index contributed by atoms with van der Waals surface area (Å²) < 4.78 is 15.6. The zero-order chi connectivity index (χ0) is 11.7. The van der Waals surface area contributed by atoms with E-state index in [4.69, 9.17) is 19.3 Å². The van der Waals surface area contributed by atoms with E-state index in [-0.39, 0.29) is 27.5 Å². The van der Waals surface area contributed by atoms with Gasteiger partial charge in [0.05, 0.1) is 11.6 Å². The standard InChI is InChI=1S/C9H8BrNO5/c1-14-7-5(10)4(9(12)13)6-8(11-7)16-3-2-15-6/h2-3H2,1H3,(H,12,13). The molecule has 0 bridgehead atoms. The predicted octanol–water partition coefficient (Wildman–Crippen LogP) is 1.32. The van der Waals surface area contributed by atoms with Crippen molar-refractivity contribution in [3.8, 4) is 17.5 Å². The van der Waals surface area contributed by atoms with Gasteiger partial charge in [-0.15, -0.1) is 0 Å². The maximum Gasteiger partial charge on any atom is 0.341 e. The van der Waals surface area contributed by atoms with Crippen LogP contribution in [0.5, 0.6) is 17.5 Å². The van der Waals surface area contributed by atoms with Crippen LogP contribution in [0, 0.1) is 0 Å². The van der Waals surface area contributed by atoms with Gasteiger partial charge in [-0.3, -0.25) is 0 Å².